The van der Waals surface area contributed by atoms with Gasteiger partial charge in [-0.3, -0.25) is 10.1 Å². The Balaban J connectivity index is 2.13. The van der Waals surface area contributed by atoms with Crippen molar-refractivity contribution in [3.8, 4) is 0 Å². The summed E-state index contributed by atoms with van der Waals surface area (Å²) in [6.07, 6.45) is 0. The summed E-state index contributed by atoms with van der Waals surface area (Å²) >= 11 is 4.88. The third-order valence-corrected chi connectivity index (χ3v) is 3.84. The van der Waals surface area contributed by atoms with Crippen molar-refractivity contribution >= 4 is 45.3 Å². The number of carboxylic acid groups (broad SMARTS) is 1. The quantitative estimate of drug-likeness (QED) is 0.786. The lowest BCUT2D eigenvalue weighted by atomic mass is 10.2. The number of hydrogen-bond donors (Lipinski definition) is 3. The molecule has 3 N–H and O–H groups in total. The Bertz CT molecular complexity index is 489. The Hall–Kier alpha value is -1.05. The zero-order valence-corrected chi connectivity index (χ0v) is 11.7. The summed E-state index contributed by atoms with van der Waals surface area (Å²) in [7, 11) is 0. The summed E-state index contributed by atoms with van der Waals surface area (Å²) < 4.78 is 0.617. The van der Waals surface area contributed by atoms with Crippen LogP contribution in [0, 0.1) is 0 Å². The summed E-state index contributed by atoms with van der Waals surface area (Å²) in [6.45, 7) is 0. The maximum atomic E-state index is 11.9. The van der Waals surface area contributed by atoms with Gasteiger partial charge < -0.3 is 10.4 Å². The van der Waals surface area contributed by atoms with Crippen LogP contribution in [-0.2, 0) is 4.79 Å². The lowest BCUT2D eigenvalue weighted by molar-refractivity contribution is -0.117. The van der Waals surface area contributed by atoms with Crippen LogP contribution in [0.15, 0.2) is 22.7 Å². The number of halogens is 1. The number of benzene rings is 1. The smallest absolute Gasteiger partial charge is 0.335 e. The molecule has 1 aliphatic heterocycles. The fourth-order valence-corrected chi connectivity index (χ4v) is 3.01. The third-order valence-electron chi connectivity index (χ3n) is 2.45. The molecule has 1 atom stereocenters. The highest BCUT2D eigenvalue weighted by Gasteiger charge is 2.22. The first-order chi connectivity index (χ1) is 8.56. The van der Waals surface area contributed by atoms with Gasteiger partial charge in [-0.25, -0.2) is 4.79 Å². The lowest BCUT2D eigenvalue weighted by Crippen LogP contribution is -2.37. The van der Waals surface area contributed by atoms with E-state index in [1.54, 1.807) is 17.8 Å². The molecule has 7 heteroatoms. The van der Waals surface area contributed by atoms with Gasteiger partial charge in [0.05, 0.1) is 11.6 Å². The van der Waals surface area contributed by atoms with E-state index in [0.29, 0.717) is 10.2 Å². The largest absolute Gasteiger partial charge is 0.478 e. The topological polar surface area (TPSA) is 78.4 Å². The van der Waals surface area contributed by atoms with E-state index in [4.69, 9.17) is 5.11 Å². The van der Waals surface area contributed by atoms with Gasteiger partial charge in [-0.2, -0.15) is 0 Å². The molecule has 5 nitrogen and oxygen atoms in total. The van der Waals surface area contributed by atoms with Gasteiger partial charge in [0.15, 0.2) is 0 Å². The van der Waals surface area contributed by atoms with Crippen LogP contribution in [0.25, 0.3) is 0 Å². The van der Waals surface area contributed by atoms with Crippen molar-refractivity contribution in [2.75, 3.05) is 16.9 Å². The molecule has 0 saturated carbocycles. The molecule has 0 bridgehead atoms. The summed E-state index contributed by atoms with van der Waals surface area (Å²) in [5, 5.41) is 14.7. The zero-order valence-electron chi connectivity index (χ0n) is 9.27. The van der Waals surface area contributed by atoms with Crippen molar-refractivity contribution in [2.24, 2.45) is 0 Å². The SMILES string of the molecule is O=C(O)c1cc(Br)cc(NC(=O)C2CSCN2)c1. The van der Waals surface area contributed by atoms with Crippen LogP contribution in [0.2, 0.25) is 0 Å². The standard InChI is InChI=1S/C11H11BrN2O3S/c12-7-1-6(11(16)17)2-8(3-7)14-10(15)9-4-18-5-13-9/h1-3,9,13H,4-5H2,(H,14,15)(H,16,17). The Morgan fingerprint density at radius 1 is 1.44 bits per heavy atom. The summed E-state index contributed by atoms with van der Waals surface area (Å²) in [5.74, 6) is 0.318. The Morgan fingerprint density at radius 2 is 2.22 bits per heavy atom. The molecule has 2 rings (SSSR count). The van der Waals surface area contributed by atoms with E-state index < -0.39 is 5.97 Å². The normalized spacial score (nSPS) is 18.6. The maximum absolute atomic E-state index is 11.9. The second-order valence-electron chi connectivity index (χ2n) is 3.79. The molecule has 1 aliphatic rings. The molecular weight excluding hydrogens is 320 g/mol. The molecule has 1 unspecified atom stereocenters. The number of carbonyl (C=O) groups excluding carboxylic acids is 1. The van der Waals surface area contributed by atoms with Crippen LogP contribution < -0.4 is 10.6 Å². The first-order valence-corrected chi connectivity index (χ1v) is 7.17. The molecule has 1 heterocycles. The fourth-order valence-electron chi connectivity index (χ4n) is 1.58. The molecule has 1 amide bonds. The molecule has 18 heavy (non-hydrogen) atoms. The minimum absolute atomic E-state index is 0.133. The van der Waals surface area contributed by atoms with E-state index in [1.165, 1.54) is 12.1 Å². The second-order valence-corrected chi connectivity index (χ2v) is 5.74. The van der Waals surface area contributed by atoms with E-state index in [0.717, 1.165) is 11.6 Å². The summed E-state index contributed by atoms with van der Waals surface area (Å²) in [4.78, 5) is 22.8. The van der Waals surface area contributed by atoms with Crippen LogP contribution in [-0.4, -0.2) is 34.7 Å². The van der Waals surface area contributed by atoms with Crippen molar-refractivity contribution in [2.45, 2.75) is 6.04 Å². The van der Waals surface area contributed by atoms with Gasteiger partial charge in [0.25, 0.3) is 0 Å². The number of thioether (sulfide) groups is 1. The lowest BCUT2D eigenvalue weighted by Gasteiger charge is -2.11. The first-order valence-electron chi connectivity index (χ1n) is 5.22. The molecule has 0 aromatic heterocycles. The number of rotatable bonds is 3. The average Bonchev–Trinajstić information content (AvgIpc) is 2.81. The molecule has 1 aromatic carbocycles. The number of carbonyl (C=O) groups is 2. The number of anilines is 1. The predicted octanol–water partition coefficient (Wildman–Crippen LogP) is 1.75. The zero-order chi connectivity index (χ0) is 13.1. The number of hydrogen-bond acceptors (Lipinski definition) is 4. The monoisotopic (exact) mass is 330 g/mol. The minimum atomic E-state index is -1.03. The highest BCUT2D eigenvalue weighted by atomic mass is 79.9. The van der Waals surface area contributed by atoms with Gasteiger partial charge in [0.2, 0.25) is 5.91 Å². The maximum Gasteiger partial charge on any atom is 0.335 e. The van der Waals surface area contributed by atoms with Crippen molar-refractivity contribution in [3.63, 3.8) is 0 Å². The van der Waals surface area contributed by atoms with Crippen LogP contribution in [0.3, 0.4) is 0 Å². The third kappa shape index (κ3) is 3.24. The van der Waals surface area contributed by atoms with E-state index in [-0.39, 0.29) is 17.5 Å². The van der Waals surface area contributed by atoms with Crippen LogP contribution in [0.5, 0.6) is 0 Å². The van der Waals surface area contributed by atoms with Crippen molar-refractivity contribution < 1.29 is 14.7 Å². The number of nitrogens with one attached hydrogen (secondary N) is 2. The number of carboxylic acids is 1. The summed E-state index contributed by atoms with van der Waals surface area (Å²) in [6, 6.07) is 4.38. The van der Waals surface area contributed by atoms with Gasteiger partial charge in [-0.15, -0.1) is 11.8 Å². The van der Waals surface area contributed by atoms with Crippen molar-refractivity contribution in [1.82, 2.24) is 5.32 Å². The fraction of sp³-hybridized carbons (Fsp3) is 0.273. The molecule has 0 aliphatic carbocycles. The van der Waals surface area contributed by atoms with Crippen LogP contribution in [0.4, 0.5) is 5.69 Å². The van der Waals surface area contributed by atoms with Gasteiger partial charge in [0, 0.05) is 21.8 Å². The number of aromatic carboxylic acids is 1. The van der Waals surface area contributed by atoms with E-state index in [9.17, 15) is 9.59 Å². The Morgan fingerprint density at radius 3 is 2.83 bits per heavy atom. The van der Waals surface area contributed by atoms with Crippen molar-refractivity contribution in [1.29, 1.82) is 0 Å². The average molecular weight is 331 g/mol. The molecular formula is C11H11BrN2O3S. The van der Waals surface area contributed by atoms with Gasteiger partial charge in [-0.05, 0) is 18.2 Å². The van der Waals surface area contributed by atoms with Gasteiger partial charge in [0.1, 0.15) is 0 Å². The van der Waals surface area contributed by atoms with Gasteiger partial charge in [-0.1, -0.05) is 15.9 Å². The number of amides is 1. The molecule has 0 spiro atoms. The van der Waals surface area contributed by atoms with Gasteiger partial charge >= 0.3 is 5.97 Å². The second kappa shape index (κ2) is 5.73. The highest BCUT2D eigenvalue weighted by Crippen LogP contribution is 2.20. The molecule has 1 aromatic rings. The predicted molar refractivity (Wildman–Crippen MR) is 74.0 cm³/mol. The van der Waals surface area contributed by atoms with E-state index >= 15 is 0 Å². The Labute approximate surface area is 116 Å². The first kappa shape index (κ1) is 13.4. The van der Waals surface area contributed by atoms with Crippen molar-refractivity contribution in [3.05, 3.63) is 28.2 Å². The van der Waals surface area contributed by atoms with Crippen LogP contribution >= 0.6 is 27.7 Å². The molecule has 1 fully saturated rings. The van der Waals surface area contributed by atoms with E-state index in [1.807, 2.05) is 0 Å². The molecule has 1 saturated heterocycles. The molecule has 0 radical (unpaired) electrons. The highest BCUT2D eigenvalue weighted by molar-refractivity contribution is 9.10. The minimum Gasteiger partial charge on any atom is -0.478 e. The van der Waals surface area contributed by atoms with Crippen LogP contribution in [0.1, 0.15) is 10.4 Å². The Kier molecular flexibility index (Phi) is 4.26. The summed E-state index contributed by atoms with van der Waals surface area (Å²) in [5.41, 5.74) is 0.610. The molecule has 96 valence electrons. The van der Waals surface area contributed by atoms with E-state index in [2.05, 4.69) is 26.6 Å².